The number of ether oxygens (including phenoxy) is 1. The average Bonchev–Trinajstić information content (AvgIpc) is 2.96. The normalized spacial score (nSPS) is 17.4. The van der Waals surface area contributed by atoms with Crippen molar-refractivity contribution in [2.45, 2.75) is 26.1 Å². The van der Waals surface area contributed by atoms with Crippen molar-refractivity contribution < 1.29 is 9.53 Å². The lowest BCUT2D eigenvalue weighted by Crippen LogP contribution is -2.45. The van der Waals surface area contributed by atoms with Gasteiger partial charge in [-0.15, -0.1) is 10.2 Å². The van der Waals surface area contributed by atoms with Gasteiger partial charge in [0, 0.05) is 33.7 Å². The van der Waals surface area contributed by atoms with Crippen LogP contribution in [0.4, 0.5) is 0 Å². The molecule has 7 nitrogen and oxygen atoms in total. The van der Waals surface area contributed by atoms with Crippen molar-refractivity contribution in [2.24, 2.45) is 0 Å². The highest BCUT2D eigenvalue weighted by Gasteiger charge is 2.36. The number of aryl methyl sites for hydroxylation is 1. The van der Waals surface area contributed by atoms with Gasteiger partial charge in [0.25, 0.3) is 0 Å². The van der Waals surface area contributed by atoms with Crippen LogP contribution in [-0.4, -0.2) is 58.2 Å². The van der Waals surface area contributed by atoms with Gasteiger partial charge < -0.3 is 14.2 Å². The number of aromatic nitrogens is 3. The van der Waals surface area contributed by atoms with Crippen LogP contribution in [0, 0.1) is 6.92 Å². The smallest absolute Gasteiger partial charge is 0.247 e. The lowest BCUT2D eigenvalue weighted by molar-refractivity contribution is -0.136. The Kier molecular flexibility index (Phi) is 4.53. The van der Waals surface area contributed by atoms with Crippen molar-refractivity contribution in [3.63, 3.8) is 0 Å². The Balaban J connectivity index is 1.89. The van der Waals surface area contributed by atoms with Crippen LogP contribution in [0.1, 0.15) is 23.3 Å². The lowest BCUT2D eigenvalue weighted by Gasteiger charge is -2.36. The van der Waals surface area contributed by atoms with Gasteiger partial charge in [-0.1, -0.05) is 12.1 Å². The third-order valence-corrected chi connectivity index (χ3v) is 4.40. The van der Waals surface area contributed by atoms with Gasteiger partial charge in [0.2, 0.25) is 5.91 Å². The highest BCUT2D eigenvalue weighted by atomic mass is 16.5. The predicted octanol–water partition coefficient (Wildman–Crippen LogP) is 1.24. The zero-order chi connectivity index (χ0) is 17.3. The van der Waals surface area contributed by atoms with Crippen molar-refractivity contribution in [1.29, 1.82) is 0 Å². The topological polar surface area (TPSA) is 63.5 Å². The zero-order valence-corrected chi connectivity index (χ0v) is 14.6. The Hall–Kier alpha value is -2.41. The van der Waals surface area contributed by atoms with Crippen molar-refractivity contribution in [3.8, 4) is 5.75 Å². The van der Waals surface area contributed by atoms with Crippen molar-refractivity contribution in [3.05, 3.63) is 41.5 Å². The van der Waals surface area contributed by atoms with E-state index in [4.69, 9.17) is 4.74 Å². The molecule has 0 radical (unpaired) electrons. The molecule has 0 saturated carbocycles. The molecule has 1 amide bonds. The first-order valence-corrected chi connectivity index (χ1v) is 7.99. The van der Waals surface area contributed by atoms with Gasteiger partial charge >= 0.3 is 0 Å². The fourth-order valence-electron chi connectivity index (χ4n) is 3.04. The van der Waals surface area contributed by atoms with E-state index in [0.717, 1.165) is 36.1 Å². The minimum absolute atomic E-state index is 0.0249. The number of hydrogen-bond acceptors (Lipinski definition) is 5. The molecule has 0 N–H and O–H groups in total. The van der Waals surface area contributed by atoms with Gasteiger partial charge in [-0.25, -0.2) is 0 Å². The molecule has 0 aliphatic carbocycles. The molecule has 7 heteroatoms. The van der Waals surface area contributed by atoms with Gasteiger partial charge in [-0.2, -0.15) is 0 Å². The Morgan fingerprint density at radius 2 is 1.96 bits per heavy atom. The minimum atomic E-state index is -0.406. The molecule has 0 spiro atoms. The number of hydrogen-bond donors (Lipinski definition) is 0. The molecular weight excluding hydrogens is 306 g/mol. The van der Waals surface area contributed by atoms with E-state index in [-0.39, 0.29) is 5.91 Å². The second-order valence-electron chi connectivity index (χ2n) is 6.21. The summed E-state index contributed by atoms with van der Waals surface area (Å²) in [5, 5.41) is 8.42. The van der Waals surface area contributed by atoms with Crippen LogP contribution in [-0.2, 0) is 17.9 Å². The van der Waals surface area contributed by atoms with Crippen LogP contribution < -0.4 is 4.74 Å². The number of benzene rings is 1. The molecule has 2 heterocycles. The van der Waals surface area contributed by atoms with Gasteiger partial charge in [-0.05, 0) is 24.6 Å². The largest absolute Gasteiger partial charge is 0.497 e. The fraction of sp³-hybridized carbons (Fsp3) is 0.471. The van der Waals surface area contributed by atoms with E-state index in [1.165, 1.54) is 0 Å². The molecule has 0 bridgehead atoms. The molecule has 1 aliphatic rings. The molecule has 24 heavy (non-hydrogen) atoms. The van der Waals surface area contributed by atoms with Crippen molar-refractivity contribution in [1.82, 2.24) is 24.6 Å². The number of rotatable bonds is 4. The van der Waals surface area contributed by atoms with Gasteiger partial charge in [0.15, 0.2) is 11.9 Å². The highest BCUT2D eigenvalue weighted by molar-refractivity contribution is 5.82. The first-order chi connectivity index (χ1) is 11.5. The van der Waals surface area contributed by atoms with Crippen LogP contribution in [0.3, 0.4) is 0 Å². The molecule has 1 aliphatic heterocycles. The molecule has 0 saturated heterocycles. The first kappa shape index (κ1) is 16.4. The number of nitrogens with zero attached hydrogens (tertiary/aromatic N) is 5. The lowest BCUT2D eigenvalue weighted by atomic mass is 10.1. The summed E-state index contributed by atoms with van der Waals surface area (Å²) in [6.07, 6.45) is 0. The summed E-state index contributed by atoms with van der Waals surface area (Å²) in [6, 6.07) is 7.53. The van der Waals surface area contributed by atoms with Crippen LogP contribution in [0.15, 0.2) is 24.3 Å². The maximum atomic E-state index is 12.8. The standard InChI is InChI=1S/C17H23N5O2/c1-12-18-19-16-15(17(23)20(2)3)21(9-10-22(12)16)11-13-5-7-14(24-4)8-6-13/h5-8,15H,9-11H2,1-4H3. The van der Waals surface area contributed by atoms with E-state index in [1.54, 1.807) is 26.1 Å². The number of likely N-dealkylation sites (N-methyl/N-ethyl adjacent to an activating group) is 1. The van der Waals surface area contributed by atoms with Crippen LogP contribution in [0.2, 0.25) is 0 Å². The summed E-state index contributed by atoms with van der Waals surface area (Å²) in [6.45, 7) is 4.18. The second-order valence-corrected chi connectivity index (χ2v) is 6.21. The van der Waals surface area contributed by atoms with Gasteiger partial charge in [-0.3, -0.25) is 9.69 Å². The Labute approximate surface area is 141 Å². The summed E-state index contributed by atoms with van der Waals surface area (Å²) in [4.78, 5) is 16.5. The summed E-state index contributed by atoms with van der Waals surface area (Å²) in [5.41, 5.74) is 1.14. The fourth-order valence-corrected chi connectivity index (χ4v) is 3.04. The van der Waals surface area contributed by atoms with Crippen LogP contribution >= 0.6 is 0 Å². The molecular formula is C17H23N5O2. The maximum Gasteiger partial charge on any atom is 0.247 e. The Bertz CT molecular complexity index is 723. The number of amides is 1. The molecule has 0 fully saturated rings. The number of carbonyl (C=O) groups is 1. The van der Waals surface area contributed by atoms with E-state index in [9.17, 15) is 4.79 Å². The molecule has 1 aromatic heterocycles. The Morgan fingerprint density at radius 1 is 1.25 bits per heavy atom. The van der Waals surface area contributed by atoms with Gasteiger partial charge in [0.1, 0.15) is 11.6 Å². The summed E-state index contributed by atoms with van der Waals surface area (Å²) >= 11 is 0. The molecule has 1 atom stereocenters. The molecule has 128 valence electrons. The summed E-state index contributed by atoms with van der Waals surface area (Å²) < 4.78 is 7.24. The van der Waals surface area contributed by atoms with Gasteiger partial charge in [0.05, 0.1) is 7.11 Å². The minimum Gasteiger partial charge on any atom is -0.497 e. The molecule has 1 unspecified atom stereocenters. The molecule has 2 aromatic rings. The number of methoxy groups -OCH3 is 1. The third-order valence-electron chi connectivity index (χ3n) is 4.40. The van der Waals surface area contributed by atoms with E-state index in [1.807, 2.05) is 35.8 Å². The van der Waals surface area contributed by atoms with E-state index in [0.29, 0.717) is 6.54 Å². The maximum absolute atomic E-state index is 12.8. The monoisotopic (exact) mass is 329 g/mol. The van der Waals surface area contributed by atoms with Crippen molar-refractivity contribution >= 4 is 5.91 Å². The van der Waals surface area contributed by atoms with E-state index in [2.05, 4.69) is 15.1 Å². The SMILES string of the molecule is COc1ccc(CN2CCn3c(C)nnc3C2C(=O)N(C)C)cc1. The molecule has 3 rings (SSSR count). The third kappa shape index (κ3) is 2.99. The summed E-state index contributed by atoms with van der Waals surface area (Å²) in [7, 11) is 5.20. The highest BCUT2D eigenvalue weighted by Crippen LogP contribution is 2.28. The summed E-state index contributed by atoms with van der Waals surface area (Å²) in [5.74, 6) is 2.43. The average molecular weight is 329 g/mol. The van der Waals surface area contributed by atoms with Crippen LogP contribution in [0.25, 0.3) is 0 Å². The predicted molar refractivity (Wildman–Crippen MR) is 89.6 cm³/mol. The number of carbonyl (C=O) groups excluding carboxylic acids is 1. The number of fused-ring (bicyclic) bond motifs is 1. The van der Waals surface area contributed by atoms with Crippen LogP contribution in [0.5, 0.6) is 5.75 Å². The first-order valence-electron chi connectivity index (χ1n) is 7.99. The van der Waals surface area contributed by atoms with Crippen molar-refractivity contribution in [2.75, 3.05) is 27.7 Å². The zero-order valence-electron chi connectivity index (χ0n) is 14.6. The Morgan fingerprint density at radius 3 is 2.58 bits per heavy atom. The second kappa shape index (κ2) is 6.60. The van der Waals surface area contributed by atoms with E-state index < -0.39 is 6.04 Å². The quantitative estimate of drug-likeness (QED) is 0.844. The van der Waals surface area contributed by atoms with E-state index >= 15 is 0 Å². The molecule has 1 aromatic carbocycles.